The molecule has 2 rings (SSSR count). The summed E-state index contributed by atoms with van der Waals surface area (Å²) in [4.78, 5) is 11.5. The zero-order valence-corrected chi connectivity index (χ0v) is 13.5. The summed E-state index contributed by atoms with van der Waals surface area (Å²) >= 11 is 6.11. The SMILES string of the molecule is CCC1COC(C)CN1c1cnc(C(C)C)nc1CCl. The number of alkyl halides is 1. The molecule has 2 heterocycles. The van der Waals surface area contributed by atoms with Crippen LogP contribution in [0, 0.1) is 0 Å². The van der Waals surface area contributed by atoms with Gasteiger partial charge in [0.25, 0.3) is 0 Å². The lowest BCUT2D eigenvalue weighted by atomic mass is 10.1. The van der Waals surface area contributed by atoms with E-state index in [4.69, 9.17) is 16.3 Å². The lowest BCUT2D eigenvalue weighted by Gasteiger charge is -2.40. The van der Waals surface area contributed by atoms with Crippen LogP contribution in [0.2, 0.25) is 0 Å². The summed E-state index contributed by atoms with van der Waals surface area (Å²) in [5.41, 5.74) is 1.99. The summed E-state index contributed by atoms with van der Waals surface area (Å²) < 4.78 is 5.75. The van der Waals surface area contributed by atoms with Gasteiger partial charge < -0.3 is 9.64 Å². The van der Waals surface area contributed by atoms with Crippen LogP contribution in [-0.2, 0) is 10.6 Å². The molecule has 1 aliphatic rings. The highest BCUT2D eigenvalue weighted by molar-refractivity contribution is 6.17. The average Bonchev–Trinajstić information content (AvgIpc) is 2.46. The quantitative estimate of drug-likeness (QED) is 0.799. The average molecular weight is 298 g/mol. The Labute approximate surface area is 126 Å². The molecule has 2 unspecified atom stereocenters. The van der Waals surface area contributed by atoms with Gasteiger partial charge in [-0.1, -0.05) is 20.8 Å². The fourth-order valence-corrected chi connectivity index (χ4v) is 2.72. The Hall–Kier alpha value is -0.870. The van der Waals surface area contributed by atoms with E-state index in [-0.39, 0.29) is 6.10 Å². The number of anilines is 1. The number of ether oxygens (including phenoxy) is 1. The number of morpholine rings is 1. The van der Waals surface area contributed by atoms with Crippen LogP contribution >= 0.6 is 11.6 Å². The molecule has 5 heteroatoms. The molecule has 2 atom stereocenters. The molecule has 112 valence electrons. The maximum Gasteiger partial charge on any atom is 0.131 e. The van der Waals surface area contributed by atoms with Crippen molar-refractivity contribution in [2.45, 2.75) is 58.1 Å². The molecular formula is C15H24ClN3O. The van der Waals surface area contributed by atoms with Crippen molar-refractivity contribution in [3.63, 3.8) is 0 Å². The minimum atomic E-state index is 0.228. The van der Waals surface area contributed by atoms with Gasteiger partial charge in [0, 0.05) is 12.5 Å². The number of aromatic nitrogens is 2. The second-order valence-corrected chi connectivity index (χ2v) is 5.97. The smallest absolute Gasteiger partial charge is 0.131 e. The highest BCUT2D eigenvalue weighted by atomic mass is 35.5. The summed E-state index contributed by atoms with van der Waals surface area (Å²) in [6.45, 7) is 10.1. The minimum absolute atomic E-state index is 0.228. The molecule has 0 bridgehead atoms. The van der Waals surface area contributed by atoms with Crippen molar-refractivity contribution in [3.8, 4) is 0 Å². The number of halogens is 1. The van der Waals surface area contributed by atoms with Crippen molar-refractivity contribution < 1.29 is 4.74 Å². The Balaban J connectivity index is 2.34. The van der Waals surface area contributed by atoms with Gasteiger partial charge in [0.1, 0.15) is 5.82 Å². The van der Waals surface area contributed by atoms with E-state index in [1.807, 2.05) is 6.20 Å². The molecule has 0 saturated carbocycles. The fourth-order valence-electron chi connectivity index (χ4n) is 2.52. The maximum absolute atomic E-state index is 6.11. The largest absolute Gasteiger partial charge is 0.375 e. The first-order valence-corrected chi connectivity index (χ1v) is 7.90. The Morgan fingerprint density at radius 1 is 1.50 bits per heavy atom. The third-order valence-corrected chi connectivity index (χ3v) is 4.01. The Bertz CT molecular complexity index is 453. The van der Waals surface area contributed by atoms with E-state index in [9.17, 15) is 0 Å². The first kappa shape index (κ1) is 15.5. The Morgan fingerprint density at radius 3 is 2.85 bits per heavy atom. The number of hydrogen-bond acceptors (Lipinski definition) is 4. The fraction of sp³-hybridized carbons (Fsp3) is 0.733. The number of rotatable bonds is 4. The van der Waals surface area contributed by atoms with Gasteiger partial charge in [-0.25, -0.2) is 9.97 Å². The van der Waals surface area contributed by atoms with Crippen molar-refractivity contribution in [1.82, 2.24) is 9.97 Å². The summed E-state index contributed by atoms with van der Waals surface area (Å²) in [6.07, 6.45) is 3.20. The molecule has 0 aliphatic carbocycles. The summed E-state index contributed by atoms with van der Waals surface area (Å²) in [5, 5.41) is 0. The van der Waals surface area contributed by atoms with Crippen LogP contribution in [0.4, 0.5) is 5.69 Å². The van der Waals surface area contributed by atoms with Gasteiger partial charge in [0.2, 0.25) is 0 Å². The monoisotopic (exact) mass is 297 g/mol. The molecule has 0 amide bonds. The minimum Gasteiger partial charge on any atom is -0.375 e. The second kappa shape index (κ2) is 6.72. The van der Waals surface area contributed by atoms with E-state index >= 15 is 0 Å². The van der Waals surface area contributed by atoms with Crippen LogP contribution in [0.5, 0.6) is 0 Å². The van der Waals surface area contributed by atoms with Gasteiger partial charge in [-0.3, -0.25) is 0 Å². The molecule has 0 aromatic carbocycles. The zero-order valence-electron chi connectivity index (χ0n) is 12.8. The zero-order chi connectivity index (χ0) is 14.7. The summed E-state index contributed by atoms with van der Waals surface area (Å²) in [7, 11) is 0. The molecular weight excluding hydrogens is 274 g/mol. The summed E-state index contributed by atoms with van der Waals surface area (Å²) in [5.74, 6) is 1.59. The van der Waals surface area contributed by atoms with Crippen LogP contribution < -0.4 is 4.90 Å². The first-order valence-electron chi connectivity index (χ1n) is 7.36. The normalized spacial score (nSPS) is 23.4. The van der Waals surface area contributed by atoms with E-state index in [2.05, 4.69) is 42.6 Å². The Kier molecular flexibility index (Phi) is 5.22. The van der Waals surface area contributed by atoms with Gasteiger partial charge in [0.15, 0.2) is 0 Å². The highest BCUT2D eigenvalue weighted by Gasteiger charge is 2.28. The van der Waals surface area contributed by atoms with E-state index in [1.165, 1.54) is 0 Å². The van der Waals surface area contributed by atoms with Gasteiger partial charge in [-0.05, 0) is 13.3 Å². The van der Waals surface area contributed by atoms with Crippen molar-refractivity contribution in [2.24, 2.45) is 0 Å². The molecule has 1 fully saturated rings. The molecule has 0 radical (unpaired) electrons. The van der Waals surface area contributed by atoms with Gasteiger partial charge in [0.05, 0.1) is 42.2 Å². The predicted octanol–water partition coefficient (Wildman–Crippen LogP) is 3.34. The third kappa shape index (κ3) is 3.23. The first-order chi connectivity index (χ1) is 9.56. The lowest BCUT2D eigenvalue weighted by molar-refractivity contribution is 0.0298. The van der Waals surface area contributed by atoms with Crippen LogP contribution in [0.1, 0.15) is 51.6 Å². The maximum atomic E-state index is 6.11. The molecule has 20 heavy (non-hydrogen) atoms. The second-order valence-electron chi connectivity index (χ2n) is 5.71. The molecule has 0 spiro atoms. The molecule has 1 aliphatic heterocycles. The van der Waals surface area contributed by atoms with E-state index in [0.717, 1.165) is 36.8 Å². The van der Waals surface area contributed by atoms with Gasteiger partial charge >= 0.3 is 0 Å². The highest BCUT2D eigenvalue weighted by Crippen LogP contribution is 2.27. The van der Waals surface area contributed by atoms with Gasteiger partial charge in [-0.2, -0.15) is 0 Å². The van der Waals surface area contributed by atoms with Crippen LogP contribution in [-0.4, -0.2) is 35.3 Å². The predicted molar refractivity (Wildman–Crippen MR) is 82.5 cm³/mol. The Morgan fingerprint density at radius 2 is 2.25 bits per heavy atom. The third-order valence-electron chi connectivity index (χ3n) is 3.76. The number of nitrogens with zero attached hydrogens (tertiary/aromatic N) is 3. The van der Waals surface area contributed by atoms with Crippen LogP contribution in [0.15, 0.2) is 6.20 Å². The van der Waals surface area contributed by atoms with Gasteiger partial charge in [-0.15, -0.1) is 11.6 Å². The molecule has 1 aromatic rings. The topological polar surface area (TPSA) is 38.2 Å². The molecule has 0 N–H and O–H groups in total. The number of hydrogen-bond donors (Lipinski definition) is 0. The summed E-state index contributed by atoms with van der Waals surface area (Å²) in [6, 6.07) is 0.377. The van der Waals surface area contributed by atoms with E-state index in [1.54, 1.807) is 0 Å². The molecule has 4 nitrogen and oxygen atoms in total. The lowest BCUT2D eigenvalue weighted by Crippen LogP contribution is -2.49. The van der Waals surface area contributed by atoms with E-state index < -0.39 is 0 Å². The van der Waals surface area contributed by atoms with Crippen molar-refractivity contribution >= 4 is 17.3 Å². The standard InChI is InChI=1S/C15H24ClN3O/c1-5-12-9-20-11(4)8-19(12)14-7-17-15(10(2)3)18-13(14)6-16/h7,10-12H,5-6,8-9H2,1-4H3. The van der Waals surface area contributed by atoms with Crippen LogP contribution in [0.3, 0.4) is 0 Å². The van der Waals surface area contributed by atoms with E-state index in [0.29, 0.717) is 17.8 Å². The van der Waals surface area contributed by atoms with Crippen molar-refractivity contribution in [3.05, 3.63) is 17.7 Å². The molecule has 1 saturated heterocycles. The van der Waals surface area contributed by atoms with Crippen LogP contribution in [0.25, 0.3) is 0 Å². The van der Waals surface area contributed by atoms with Crippen molar-refractivity contribution in [2.75, 3.05) is 18.1 Å². The molecule has 1 aromatic heterocycles. The van der Waals surface area contributed by atoms with Crippen molar-refractivity contribution in [1.29, 1.82) is 0 Å².